The van der Waals surface area contributed by atoms with Crippen LogP contribution in [0.2, 0.25) is 0 Å². The van der Waals surface area contributed by atoms with Crippen molar-refractivity contribution >= 4 is 0 Å². The number of quaternary nitrogens is 1. The molecule has 0 spiro atoms. The highest BCUT2D eigenvalue weighted by molar-refractivity contribution is 5.43. The molecule has 0 fully saturated rings. The van der Waals surface area contributed by atoms with Crippen LogP contribution in [0.4, 0.5) is 0 Å². The first-order valence-electron chi connectivity index (χ1n) is 9.91. The maximum absolute atomic E-state index is 5.80. The van der Waals surface area contributed by atoms with Crippen LogP contribution in [-0.2, 0) is 6.54 Å². The Hall–Kier alpha value is -2.72. The van der Waals surface area contributed by atoms with E-state index in [9.17, 15) is 0 Å². The van der Waals surface area contributed by atoms with Crippen molar-refractivity contribution in [1.29, 1.82) is 0 Å². The van der Waals surface area contributed by atoms with Gasteiger partial charge in [-0.15, -0.1) is 0 Å². The Morgan fingerprint density at radius 3 is 2.43 bits per heavy atom. The highest BCUT2D eigenvalue weighted by Gasteiger charge is 2.19. The molecule has 28 heavy (non-hydrogen) atoms. The Morgan fingerprint density at radius 2 is 1.75 bits per heavy atom. The molecule has 0 aliphatic carbocycles. The number of benzene rings is 2. The number of rotatable bonds is 10. The van der Waals surface area contributed by atoms with E-state index in [-0.39, 0.29) is 12.0 Å². The minimum atomic E-state index is 0.173. The molecule has 4 nitrogen and oxygen atoms in total. The maximum Gasteiger partial charge on any atom is 0.157 e. The Kier molecular flexibility index (Phi) is 7.15. The largest absolute Gasteiger partial charge is 0.496 e. The molecule has 0 amide bonds. The first-order valence-corrected chi connectivity index (χ1v) is 9.91. The van der Waals surface area contributed by atoms with Crippen LogP contribution < -0.4 is 14.8 Å². The van der Waals surface area contributed by atoms with Crippen LogP contribution in [0.5, 0.6) is 11.5 Å². The second-order valence-corrected chi connectivity index (χ2v) is 7.18. The number of hydrogen-bond acceptors (Lipinski definition) is 3. The second-order valence-electron chi connectivity index (χ2n) is 7.18. The van der Waals surface area contributed by atoms with Crippen LogP contribution in [0.15, 0.2) is 71.3 Å². The maximum atomic E-state index is 5.80. The van der Waals surface area contributed by atoms with E-state index in [0.29, 0.717) is 0 Å². The third kappa shape index (κ3) is 5.40. The molecule has 2 N–H and O–H groups in total. The zero-order valence-corrected chi connectivity index (χ0v) is 16.9. The van der Waals surface area contributed by atoms with Gasteiger partial charge in [0.15, 0.2) is 5.76 Å². The fourth-order valence-electron chi connectivity index (χ4n) is 3.46. The minimum absolute atomic E-state index is 0.173. The van der Waals surface area contributed by atoms with Gasteiger partial charge in [0.05, 0.1) is 26.0 Å². The predicted octanol–water partition coefficient (Wildman–Crippen LogP) is 4.36. The van der Waals surface area contributed by atoms with Crippen LogP contribution in [0.1, 0.15) is 43.1 Å². The van der Waals surface area contributed by atoms with Crippen molar-refractivity contribution < 1.29 is 19.2 Å². The summed E-state index contributed by atoms with van der Waals surface area (Å²) < 4.78 is 16.9. The zero-order valence-electron chi connectivity index (χ0n) is 16.9. The molecule has 0 aliphatic heterocycles. The molecule has 3 rings (SSSR count). The number of methoxy groups -OCH3 is 1. The molecule has 0 bridgehead atoms. The van der Waals surface area contributed by atoms with E-state index < -0.39 is 0 Å². The van der Waals surface area contributed by atoms with Crippen molar-refractivity contribution in [2.45, 2.75) is 38.8 Å². The molecule has 1 aromatic heterocycles. The van der Waals surface area contributed by atoms with Gasteiger partial charge in [-0.1, -0.05) is 30.3 Å². The lowest BCUT2D eigenvalue weighted by Gasteiger charge is -2.20. The quantitative estimate of drug-likeness (QED) is 0.532. The summed E-state index contributed by atoms with van der Waals surface area (Å²) in [5.41, 5.74) is 2.49. The average Bonchev–Trinajstić information content (AvgIpc) is 3.22. The van der Waals surface area contributed by atoms with E-state index in [1.165, 1.54) is 11.1 Å². The Balaban J connectivity index is 1.75. The Labute approximate surface area is 167 Å². The number of para-hydroxylation sites is 1. The van der Waals surface area contributed by atoms with Crippen LogP contribution in [0, 0.1) is 0 Å². The topological polar surface area (TPSA) is 48.2 Å². The van der Waals surface area contributed by atoms with E-state index >= 15 is 0 Å². The lowest BCUT2D eigenvalue weighted by Crippen LogP contribution is -2.82. The van der Waals surface area contributed by atoms with Crippen molar-refractivity contribution in [3.05, 3.63) is 83.8 Å². The minimum Gasteiger partial charge on any atom is -0.496 e. The lowest BCUT2D eigenvalue weighted by atomic mass is 9.88. The number of furan rings is 1. The number of hydrogen-bond donors (Lipinski definition) is 1. The van der Waals surface area contributed by atoms with Gasteiger partial charge in [0, 0.05) is 17.9 Å². The van der Waals surface area contributed by atoms with Crippen molar-refractivity contribution in [2.75, 3.05) is 13.7 Å². The summed E-state index contributed by atoms with van der Waals surface area (Å²) in [6, 6.07) is 20.7. The standard InChI is InChI=1S/C24H29NO3/c1-18(2)28-20-12-10-19(11-13-20)22(23-8-4-5-9-24(23)26-3)14-15-25-17-21-7-6-16-27-21/h4-13,16,18,22,25H,14-15,17H2,1-3H3/p+1. The first-order chi connectivity index (χ1) is 13.7. The number of nitrogens with two attached hydrogens (primary N) is 1. The predicted molar refractivity (Wildman–Crippen MR) is 111 cm³/mol. The first kappa shape index (κ1) is 20.0. The van der Waals surface area contributed by atoms with Crippen molar-refractivity contribution in [1.82, 2.24) is 0 Å². The molecule has 4 heteroatoms. The van der Waals surface area contributed by atoms with Crippen LogP contribution in [-0.4, -0.2) is 19.8 Å². The molecule has 2 aromatic carbocycles. The number of ether oxygens (including phenoxy) is 2. The molecule has 1 heterocycles. The second kappa shape index (κ2) is 10.00. The fraction of sp³-hybridized carbons (Fsp3) is 0.333. The van der Waals surface area contributed by atoms with Crippen molar-refractivity contribution in [2.24, 2.45) is 0 Å². The molecule has 0 saturated carbocycles. The smallest absolute Gasteiger partial charge is 0.157 e. The summed E-state index contributed by atoms with van der Waals surface area (Å²) in [4.78, 5) is 0. The summed E-state index contributed by atoms with van der Waals surface area (Å²) in [5.74, 6) is 3.10. The van der Waals surface area contributed by atoms with Gasteiger partial charge in [-0.3, -0.25) is 0 Å². The van der Waals surface area contributed by atoms with E-state index in [4.69, 9.17) is 13.9 Å². The third-order valence-electron chi connectivity index (χ3n) is 4.75. The van der Waals surface area contributed by atoms with Crippen LogP contribution in [0.25, 0.3) is 0 Å². The van der Waals surface area contributed by atoms with E-state index in [0.717, 1.165) is 36.8 Å². The van der Waals surface area contributed by atoms with E-state index in [1.807, 2.05) is 38.1 Å². The summed E-state index contributed by atoms with van der Waals surface area (Å²) in [5, 5.41) is 2.29. The van der Waals surface area contributed by atoms with Gasteiger partial charge < -0.3 is 19.2 Å². The average molecular weight is 381 g/mol. The van der Waals surface area contributed by atoms with Gasteiger partial charge in [0.25, 0.3) is 0 Å². The molecule has 0 saturated heterocycles. The van der Waals surface area contributed by atoms with Crippen LogP contribution in [0.3, 0.4) is 0 Å². The summed E-state index contributed by atoms with van der Waals surface area (Å²) in [6.07, 6.45) is 2.90. The molecule has 3 aromatic rings. The van der Waals surface area contributed by atoms with Gasteiger partial charge >= 0.3 is 0 Å². The highest BCUT2D eigenvalue weighted by Crippen LogP contribution is 2.34. The molecular formula is C24H30NO3+. The van der Waals surface area contributed by atoms with Crippen LogP contribution >= 0.6 is 0 Å². The molecule has 1 atom stereocenters. The third-order valence-corrected chi connectivity index (χ3v) is 4.75. The van der Waals surface area contributed by atoms with Gasteiger partial charge in [0.2, 0.25) is 0 Å². The molecule has 148 valence electrons. The molecular weight excluding hydrogens is 350 g/mol. The van der Waals surface area contributed by atoms with Gasteiger partial charge in [0.1, 0.15) is 18.0 Å². The van der Waals surface area contributed by atoms with Gasteiger partial charge in [-0.25, -0.2) is 0 Å². The van der Waals surface area contributed by atoms with Crippen molar-refractivity contribution in [3.63, 3.8) is 0 Å². The Morgan fingerprint density at radius 1 is 0.964 bits per heavy atom. The lowest BCUT2D eigenvalue weighted by molar-refractivity contribution is -0.672. The summed E-state index contributed by atoms with van der Waals surface area (Å²) in [6.45, 7) is 5.93. The normalized spacial score (nSPS) is 12.1. The molecule has 1 unspecified atom stereocenters. The van der Waals surface area contributed by atoms with Crippen molar-refractivity contribution in [3.8, 4) is 11.5 Å². The summed E-state index contributed by atoms with van der Waals surface area (Å²) in [7, 11) is 1.73. The van der Waals surface area contributed by atoms with E-state index in [1.54, 1.807) is 13.4 Å². The zero-order chi connectivity index (χ0) is 19.8. The molecule has 0 radical (unpaired) electrons. The Bertz CT molecular complexity index is 825. The highest BCUT2D eigenvalue weighted by atomic mass is 16.5. The SMILES string of the molecule is COc1ccccc1C(CC[NH2+]Cc1ccco1)c1ccc(OC(C)C)cc1. The molecule has 0 aliphatic rings. The summed E-state index contributed by atoms with van der Waals surface area (Å²) >= 11 is 0. The van der Waals surface area contributed by atoms with E-state index in [2.05, 4.69) is 41.7 Å². The van der Waals surface area contributed by atoms with Gasteiger partial charge in [-0.05, 0) is 49.7 Å². The van der Waals surface area contributed by atoms with Gasteiger partial charge in [-0.2, -0.15) is 0 Å². The monoisotopic (exact) mass is 380 g/mol. The fourth-order valence-corrected chi connectivity index (χ4v) is 3.46.